The first-order valence-corrected chi connectivity index (χ1v) is 12.5. The summed E-state index contributed by atoms with van der Waals surface area (Å²) in [6.45, 7) is 1.83. The maximum atomic E-state index is 15.0. The summed E-state index contributed by atoms with van der Waals surface area (Å²) in [5, 5.41) is -0.00537. The zero-order valence-electron chi connectivity index (χ0n) is 17.5. The molecule has 1 aliphatic rings. The molecule has 9 nitrogen and oxygen atoms in total. The zero-order chi connectivity index (χ0) is 23.3. The largest absolute Gasteiger partial charge is 0.420 e. The van der Waals surface area contributed by atoms with Gasteiger partial charge in [-0.05, 0) is 42.9 Å². The minimum absolute atomic E-state index is 0.00537. The van der Waals surface area contributed by atoms with Gasteiger partial charge in [0.25, 0.3) is 10.0 Å². The van der Waals surface area contributed by atoms with E-state index in [1.54, 1.807) is 0 Å². The molecule has 0 radical (unpaired) electrons. The number of hydrogen-bond donors (Lipinski definition) is 2. The van der Waals surface area contributed by atoms with E-state index >= 15 is 0 Å². The molecular weight excluding hydrogens is 469 g/mol. The zero-order valence-corrected chi connectivity index (χ0v) is 19.1. The molecule has 3 N–H and O–H groups in total. The Morgan fingerprint density at radius 2 is 2.18 bits per heavy atom. The van der Waals surface area contributed by atoms with Gasteiger partial charge in [-0.15, -0.1) is 0 Å². The molecule has 5 rings (SSSR count). The molecule has 0 fully saturated rings. The van der Waals surface area contributed by atoms with E-state index in [4.69, 9.17) is 10.2 Å². The first-order valence-electron chi connectivity index (χ1n) is 10.2. The predicted octanol–water partition coefficient (Wildman–Crippen LogP) is 2.81. The Morgan fingerprint density at radius 1 is 1.36 bits per heavy atom. The number of sulfonamides is 1. The van der Waals surface area contributed by atoms with Crippen LogP contribution >= 0.6 is 11.5 Å². The van der Waals surface area contributed by atoms with Gasteiger partial charge in [0.05, 0.1) is 11.6 Å². The van der Waals surface area contributed by atoms with Crippen molar-refractivity contribution >= 4 is 37.8 Å². The highest BCUT2D eigenvalue weighted by molar-refractivity contribution is 7.93. The Labute approximate surface area is 192 Å². The molecule has 0 bridgehead atoms. The van der Waals surface area contributed by atoms with Crippen molar-refractivity contribution < 1.29 is 17.2 Å². The molecule has 12 heteroatoms. The third-order valence-corrected chi connectivity index (χ3v) is 8.00. The van der Waals surface area contributed by atoms with Gasteiger partial charge < -0.3 is 10.2 Å². The Hall–Kier alpha value is -3.09. The van der Waals surface area contributed by atoms with Crippen molar-refractivity contribution in [3.63, 3.8) is 0 Å². The number of hydrogen-bond acceptors (Lipinski definition) is 8. The lowest BCUT2D eigenvalue weighted by atomic mass is 9.84. The van der Waals surface area contributed by atoms with Crippen molar-refractivity contribution in [3.8, 4) is 0 Å². The van der Waals surface area contributed by atoms with Crippen molar-refractivity contribution in [2.45, 2.75) is 43.2 Å². The molecular formula is C21H20FN5O4S2. The lowest BCUT2D eigenvalue weighted by Gasteiger charge is -2.26. The molecule has 2 atom stereocenters. The number of nitrogens with one attached hydrogen (secondary N) is 1. The lowest BCUT2D eigenvalue weighted by molar-refractivity contribution is 0.485. The average molecular weight is 490 g/mol. The molecule has 2 heterocycles. The molecule has 2 aromatic carbocycles. The summed E-state index contributed by atoms with van der Waals surface area (Å²) < 4.78 is 52.8. The normalized spacial score (nSPS) is 17.1. The number of oxazole rings is 1. The molecule has 0 unspecified atom stereocenters. The predicted molar refractivity (Wildman–Crippen MR) is 121 cm³/mol. The Balaban J connectivity index is 1.60. The van der Waals surface area contributed by atoms with Crippen LogP contribution in [0.5, 0.6) is 0 Å². The fraction of sp³-hybridized carbons (Fsp3) is 0.286. The van der Waals surface area contributed by atoms with Crippen LogP contribution in [0.2, 0.25) is 0 Å². The third kappa shape index (κ3) is 3.83. The number of fused-ring (bicyclic) bond motifs is 2. The van der Waals surface area contributed by atoms with E-state index in [-0.39, 0.29) is 22.3 Å². The molecule has 4 aromatic rings. The minimum atomic E-state index is -4.30. The fourth-order valence-corrected chi connectivity index (χ4v) is 6.11. The number of aryl methyl sites for hydroxylation is 1. The SMILES string of the molecule is C[C@H](c1cccc2c1C[C@@H](N)CC2)n1c(=O)oc2cc(S(=O)(=O)Nc3ncns3)c(F)cc21. The maximum Gasteiger partial charge on any atom is 0.420 e. The smallest absolute Gasteiger partial charge is 0.408 e. The highest BCUT2D eigenvalue weighted by Crippen LogP contribution is 2.32. The van der Waals surface area contributed by atoms with Gasteiger partial charge in [-0.1, -0.05) is 18.2 Å². The van der Waals surface area contributed by atoms with Crippen LogP contribution in [0.4, 0.5) is 9.52 Å². The van der Waals surface area contributed by atoms with E-state index in [0.29, 0.717) is 6.42 Å². The molecule has 0 amide bonds. The van der Waals surface area contributed by atoms with Crippen molar-refractivity contribution in [3.05, 3.63) is 69.7 Å². The second-order valence-electron chi connectivity index (χ2n) is 8.00. The van der Waals surface area contributed by atoms with E-state index in [0.717, 1.165) is 47.6 Å². The van der Waals surface area contributed by atoms with Crippen LogP contribution < -0.4 is 16.2 Å². The first-order chi connectivity index (χ1) is 15.7. The van der Waals surface area contributed by atoms with Crippen LogP contribution in [0.1, 0.15) is 36.1 Å². The van der Waals surface area contributed by atoms with E-state index < -0.39 is 32.5 Å². The van der Waals surface area contributed by atoms with E-state index in [1.807, 2.05) is 19.1 Å². The number of benzene rings is 2. The monoisotopic (exact) mass is 489 g/mol. The van der Waals surface area contributed by atoms with Crippen LogP contribution in [0.25, 0.3) is 11.1 Å². The molecule has 1 aliphatic carbocycles. The third-order valence-electron chi connectivity index (χ3n) is 5.94. The number of anilines is 1. The number of aromatic nitrogens is 3. The fourth-order valence-electron chi connectivity index (χ4n) is 4.37. The highest BCUT2D eigenvalue weighted by Gasteiger charge is 2.27. The van der Waals surface area contributed by atoms with Gasteiger partial charge in [-0.3, -0.25) is 9.29 Å². The number of halogens is 1. The lowest BCUT2D eigenvalue weighted by Crippen LogP contribution is -2.30. The summed E-state index contributed by atoms with van der Waals surface area (Å²) in [5.41, 5.74) is 9.48. The molecule has 172 valence electrons. The molecule has 0 saturated heterocycles. The van der Waals surface area contributed by atoms with Gasteiger partial charge in [0.2, 0.25) is 5.13 Å². The molecule has 33 heavy (non-hydrogen) atoms. The first kappa shape index (κ1) is 21.7. The van der Waals surface area contributed by atoms with E-state index in [9.17, 15) is 17.6 Å². The Bertz CT molecular complexity index is 1510. The summed E-state index contributed by atoms with van der Waals surface area (Å²) in [6.07, 6.45) is 3.62. The highest BCUT2D eigenvalue weighted by atomic mass is 32.2. The second kappa shape index (κ2) is 8.04. The van der Waals surface area contributed by atoms with E-state index in [2.05, 4.69) is 20.1 Å². The summed E-state index contributed by atoms with van der Waals surface area (Å²) in [7, 11) is -4.30. The van der Waals surface area contributed by atoms with Gasteiger partial charge in [-0.2, -0.15) is 4.37 Å². The number of nitrogens with two attached hydrogens (primary N) is 1. The topological polar surface area (TPSA) is 133 Å². The van der Waals surface area contributed by atoms with Crippen LogP contribution in [-0.2, 0) is 22.9 Å². The van der Waals surface area contributed by atoms with Crippen LogP contribution in [-0.4, -0.2) is 28.4 Å². The summed E-state index contributed by atoms with van der Waals surface area (Å²) >= 11 is 0.813. The van der Waals surface area contributed by atoms with Crippen molar-refractivity contribution in [1.29, 1.82) is 0 Å². The summed E-state index contributed by atoms with van der Waals surface area (Å²) in [4.78, 5) is 15.9. The Morgan fingerprint density at radius 3 is 2.94 bits per heavy atom. The molecule has 2 aromatic heterocycles. The van der Waals surface area contributed by atoms with Crippen molar-refractivity contribution in [2.24, 2.45) is 5.73 Å². The Kier molecular flexibility index (Phi) is 5.30. The quantitative estimate of drug-likeness (QED) is 0.440. The summed E-state index contributed by atoms with van der Waals surface area (Å²) in [5.74, 6) is -1.72. The van der Waals surface area contributed by atoms with Gasteiger partial charge >= 0.3 is 5.76 Å². The standard InChI is InChI=1S/C21H20FN5O4S2/c1-11(14-4-2-3-12-5-6-13(23)7-15(12)14)27-17-8-16(22)19(9-18(17)31-21(27)28)33(29,30)26-20-24-10-25-32-20/h2-4,8-11,13H,5-7,23H2,1H3,(H,24,25,26)/t11-,13+/m1/s1. The van der Waals surface area contributed by atoms with Crippen molar-refractivity contribution in [1.82, 2.24) is 13.9 Å². The van der Waals surface area contributed by atoms with Gasteiger partial charge in [0.15, 0.2) is 5.58 Å². The number of nitrogens with zero attached hydrogens (tertiary/aromatic N) is 3. The molecule has 0 aliphatic heterocycles. The number of rotatable bonds is 5. The van der Waals surface area contributed by atoms with Gasteiger partial charge in [0.1, 0.15) is 17.0 Å². The second-order valence-corrected chi connectivity index (χ2v) is 10.4. The van der Waals surface area contributed by atoms with E-state index in [1.165, 1.54) is 16.5 Å². The minimum Gasteiger partial charge on any atom is -0.408 e. The molecule has 0 saturated carbocycles. The summed E-state index contributed by atoms with van der Waals surface area (Å²) in [6, 6.07) is 7.49. The maximum absolute atomic E-state index is 15.0. The van der Waals surface area contributed by atoms with Gasteiger partial charge in [0, 0.05) is 29.7 Å². The van der Waals surface area contributed by atoms with Crippen LogP contribution in [0, 0.1) is 5.82 Å². The van der Waals surface area contributed by atoms with Crippen LogP contribution in [0.15, 0.2) is 50.8 Å². The average Bonchev–Trinajstić information content (AvgIpc) is 3.38. The van der Waals surface area contributed by atoms with Gasteiger partial charge in [-0.25, -0.2) is 22.6 Å². The van der Waals surface area contributed by atoms with Crippen LogP contribution in [0.3, 0.4) is 0 Å². The molecule has 0 spiro atoms. The van der Waals surface area contributed by atoms with Crippen molar-refractivity contribution in [2.75, 3.05) is 4.72 Å².